The molecule has 1 atom stereocenters. The fourth-order valence-corrected chi connectivity index (χ4v) is 5.43. The van der Waals surface area contributed by atoms with Crippen LogP contribution in [0.1, 0.15) is 5.56 Å². The number of aliphatic hydroxyl groups is 1. The van der Waals surface area contributed by atoms with E-state index in [-0.39, 0.29) is 11.3 Å². The predicted octanol–water partition coefficient (Wildman–Crippen LogP) is 5.14. The lowest BCUT2D eigenvalue weighted by Crippen LogP contribution is -2.43. The zero-order valence-corrected chi connectivity index (χ0v) is 21.9. The molecule has 0 spiro atoms. The molecule has 190 valence electrons. The molecular weight excluding hydrogens is 514 g/mol. The minimum absolute atomic E-state index is 0.120. The van der Waals surface area contributed by atoms with E-state index in [1.807, 2.05) is 24.3 Å². The number of nitrogens with one attached hydrogen (secondary N) is 1. The van der Waals surface area contributed by atoms with Gasteiger partial charge in [0.05, 0.1) is 27.1 Å². The Bertz CT molecular complexity index is 1350. The zero-order valence-electron chi connectivity index (χ0n) is 20.3. The van der Waals surface area contributed by atoms with E-state index in [0.29, 0.717) is 44.2 Å². The molecule has 0 unspecified atom stereocenters. The maximum Gasteiger partial charge on any atom is 0.269 e. The standard InChI is InChI=1S/C27H24ClN3O5S/c1-34-22-13-17(14-23(35-2)24(22)36-3)27(33)16-37-26(31(27)20-7-5-4-6-8-20)21(15-29)25(32)30-19-11-9-18(28)10-12-19/h4-14,33H,16H2,1-3H3,(H,30,32)/b26-21-/t27-/m1/s1. The summed E-state index contributed by atoms with van der Waals surface area (Å²) in [5.74, 6) is 0.616. The Labute approximate surface area is 224 Å². The number of anilines is 2. The molecule has 1 amide bonds. The summed E-state index contributed by atoms with van der Waals surface area (Å²) in [4.78, 5) is 14.8. The van der Waals surface area contributed by atoms with Crippen molar-refractivity contribution in [2.75, 3.05) is 37.3 Å². The molecule has 0 aliphatic carbocycles. The van der Waals surface area contributed by atoms with Gasteiger partial charge in [0.2, 0.25) is 5.75 Å². The molecule has 10 heteroatoms. The van der Waals surface area contributed by atoms with Gasteiger partial charge in [-0.3, -0.25) is 4.79 Å². The molecule has 4 rings (SSSR count). The van der Waals surface area contributed by atoms with Crippen LogP contribution >= 0.6 is 23.4 Å². The van der Waals surface area contributed by atoms with E-state index in [4.69, 9.17) is 25.8 Å². The molecule has 1 aliphatic heterocycles. The van der Waals surface area contributed by atoms with Crippen LogP contribution in [0.4, 0.5) is 11.4 Å². The molecule has 1 saturated heterocycles. The summed E-state index contributed by atoms with van der Waals surface area (Å²) in [5, 5.41) is 25.8. The van der Waals surface area contributed by atoms with Crippen LogP contribution in [0.5, 0.6) is 17.2 Å². The average molecular weight is 538 g/mol. The Kier molecular flexibility index (Phi) is 7.83. The fraction of sp³-hybridized carbons (Fsp3) is 0.185. The largest absolute Gasteiger partial charge is 0.493 e. The van der Waals surface area contributed by atoms with Crippen molar-refractivity contribution in [1.82, 2.24) is 0 Å². The number of nitriles is 1. The highest BCUT2D eigenvalue weighted by Gasteiger charge is 2.47. The lowest BCUT2D eigenvalue weighted by molar-refractivity contribution is -0.112. The number of benzene rings is 3. The van der Waals surface area contributed by atoms with E-state index >= 15 is 0 Å². The number of rotatable bonds is 7. The third kappa shape index (κ3) is 5.04. The maximum atomic E-state index is 13.2. The second-order valence-electron chi connectivity index (χ2n) is 7.94. The first-order valence-corrected chi connectivity index (χ1v) is 12.4. The Hall–Kier alpha value is -3.84. The zero-order chi connectivity index (χ0) is 26.6. The lowest BCUT2D eigenvalue weighted by atomic mass is 10.00. The van der Waals surface area contributed by atoms with Gasteiger partial charge in [0.1, 0.15) is 16.7 Å². The number of hydrogen-bond donors (Lipinski definition) is 2. The number of methoxy groups -OCH3 is 3. The van der Waals surface area contributed by atoms with Crippen LogP contribution in [-0.4, -0.2) is 38.1 Å². The third-order valence-electron chi connectivity index (χ3n) is 5.78. The normalized spacial score (nSPS) is 18.1. The number of thioether (sulfide) groups is 1. The van der Waals surface area contributed by atoms with Crippen LogP contribution in [-0.2, 0) is 10.5 Å². The molecule has 0 aromatic heterocycles. The number of para-hydroxylation sites is 1. The molecule has 0 saturated carbocycles. The Morgan fingerprint density at radius 2 is 1.68 bits per heavy atom. The second kappa shape index (κ2) is 11.0. The summed E-state index contributed by atoms with van der Waals surface area (Å²) in [5.41, 5.74) is -0.296. The first-order valence-electron chi connectivity index (χ1n) is 11.1. The van der Waals surface area contributed by atoms with E-state index in [1.54, 1.807) is 53.4 Å². The Balaban J connectivity index is 1.85. The van der Waals surface area contributed by atoms with Gasteiger partial charge in [0.25, 0.3) is 5.91 Å². The fourth-order valence-electron chi connectivity index (χ4n) is 4.01. The SMILES string of the molecule is COc1cc([C@]2(O)CS/C(=C(/C#N)C(=O)Nc3ccc(Cl)cc3)N2c2ccccc2)cc(OC)c1OC. The van der Waals surface area contributed by atoms with Crippen molar-refractivity contribution in [1.29, 1.82) is 5.26 Å². The molecule has 8 nitrogen and oxygen atoms in total. The van der Waals surface area contributed by atoms with Crippen LogP contribution in [0, 0.1) is 11.3 Å². The summed E-state index contributed by atoms with van der Waals surface area (Å²) in [6.07, 6.45) is 0. The highest BCUT2D eigenvalue weighted by Crippen LogP contribution is 2.51. The molecule has 1 aliphatic rings. The van der Waals surface area contributed by atoms with Gasteiger partial charge in [-0.2, -0.15) is 5.26 Å². The minimum atomic E-state index is -1.66. The number of amides is 1. The first-order chi connectivity index (χ1) is 17.9. The van der Waals surface area contributed by atoms with Crippen molar-refractivity contribution in [3.63, 3.8) is 0 Å². The van der Waals surface area contributed by atoms with E-state index in [2.05, 4.69) is 5.32 Å². The summed E-state index contributed by atoms with van der Waals surface area (Å²) < 4.78 is 16.4. The Morgan fingerprint density at radius 3 is 2.22 bits per heavy atom. The molecule has 1 fully saturated rings. The second-order valence-corrected chi connectivity index (χ2v) is 9.34. The van der Waals surface area contributed by atoms with Crippen molar-refractivity contribution in [3.05, 3.63) is 87.9 Å². The van der Waals surface area contributed by atoms with Crippen LogP contribution < -0.4 is 24.4 Å². The van der Waals surface area contributed by atoms with Gasteiger partial charge in [0, 0.05) is 22.0 Å². The molecule has 3 aromatic rings. The molecule has 0 bridgehead atoms. The third-order valence-corrected chi connectivity index (χ3v) is 7.24. The van der Waals surface area contributed by atoms with Crippen molar-refractivity contribution in [3.8, 4) is 23.3 Å². The lowest BCUT2D eigenvalue weighted by Gasteiger charge is -2.36. The van der Waals surface area contributed by atoms with E-state index in [1.165, 1.54) is 33.1 Å². The van der Waals surface area contributed by atoms with E-state index in [9.17, 15) is 15.2 Å². The summed E-state index contributed by atoms with van der Waals surface area (Å²) in [6, 6.07) is 20.9. The monoisotopic (exact) mass is 537 g/mol. The van der Waals surface area contributed by atoms with Crippen molar-refractivity contribution >= 4 is 40.6 Å². The number of carbonyl (C=O) groups excluding carboxylic acids is 1. The highest BCUT2D eigenvalue weighted by atomic mass is 35.5. The number of ether oxygens (including phenoxy) is 3. The van der Waals surface area contributed by atoms with E-state index in [0.717, 1.165) is 0 Å². The smallest absolute Gasteiger partial charge is 0.269 e. The van der Waals surface area contributed by atoms with Gasteiger partial charge in [-0.1, -0.05) is 29.8 Å². The number of nitrogens with zero attached hydrogens (tertiary/aromatic N) is 2. The molecule has 1 heterocycles. The molecule has 3 aromatic carbocycles. The van der Waals surface area contributed by atoms with Gasteiger partial charge in [-0.25, -0.2) is 0 Å². The van der Waals surface area contributed by atoms with Crippen molar-refractivity contribution < 1.29 is 24.1 Å². The van der Waals surface area contributed by atoms with Crippen LogP contribution in [0.25, 0.3) is 0 Å². The van der Waals surface area contributed by atoms with Crippen LogP contribution in [0.15, 0.2) is 77.3 Å². The maximum absolute atomic E-state index is 13.2. The first kappa shape index (κ1) is 26.2. The molecule has 0 radical (unpaired) electrons. The summed E-state index contributed by atoms with van der Waals surface area (Å²) >= 11 is 7.14. The van der Waals surface area contributed by atoms with Crippen LogP contribution in [0.2, 0.25) is 5.02 Å². The van der Waals surface area contributed by atoms with Crippen molar-refractivity contribution in [2.24, 2.45) is 0 Å². The molecular formula is C27H24ClN3O5S. The van der Waals surface area contributed by atoms with Gasteiger partial charge in [-0.15, -0.1) is 11.8 Å². The van der Waals surface area contributed by atoms with Crippen molar-refractivity contribution in [2.45, 2.75) is 5.72 Å². The number of carbonyl (C=O) groups is 1. The van der Waals surface area contributed by atoms with Crippen LogP contribution in [0.3, 0.4) is 0 Å². The molecule has 2 N–H and O–H groups in total. The quantitative estimate of drug-likeness (QED) is 0.315. The number of hydrogen-bond acceptors (Lipinski definition) is 8. The van der Waals surface area contributed by atoms with Gasteiger partial charge in [0.15, 0.2) is 17.2 Å². The predicted molar refractivity (Wildman–Crippen MR) is 144 cm³/mol. The summed E-state index contributed by atoms with van der Waals surface area (Å²) in [7, 11) is 4.48. The summed E-state index contributed by atoms with van der Waals surface area (Å²) in [6.45, 7) is 0. The average Bonchev–Trinajstić information content (AvgIpc) is 3.27. The number of halogens is 1. The van der Waals surface area contributed by atoms with E-state index < -0.39 is 11.6 Å². The highest BCUT2D eigenvalue weighted by molar-refractivity contribution is 8.03. The van der Waals surface area contributed by atoms with Gasteiger partial charge < -0.3 is 29.5 Å². The molecule has 37 heavy (non-hydrogen) atoms. The van der Waals surface area contributed by atoms with Gasteiger partial charge in [-0.05, 0) is 48.5 Å². The topological polar surface area (TPSA) is 104 Å². The van der Waals surface area contributed by atoms with Gasteiger partial charge >= 0.3 is 0 Å². The Morgan fingerprint density at radius 1 is 1.05 bits per heavy atom. The minimum Gasteiger partial charge on any atom is -0.493 e.